The summed E-state index contributed by atoms with van der Waals surface area (Å²) in [7, 11) is 0. The van der Waals surface area contributed by atoms with Crippen molar-refractivity contribution in [1.82, 2.24) is 0 Å². The highest BCUT2D eigenvalue weighted by Crippen LogP contribution is 2.40. The number of hydrogen-bond donors (Lipinski definition) is 1. The first-order chi connectivity index (χ1) is 8.28. The zero-order valence-electron chi connectivity index (χ0n) is 11.7. The van der Waals surface area contributed by atoms with Gasteiger partial charge in [-0.25, -0.2) is 4.39 Å². The molecule has 1 unspecified atom stereocenters. The second kappa shape index (κ2) is 4.51. The maximum Gasteiger partial charge on any atom is 0.131 e. The Bertz CT molecular complexity index is 477. The number of aryl methyl sites for hydroxylation is 2. The lowest BCUT2D eigenvalue weighted by molar-refractivity contribution is 0.318. The van der Waals surface area contributed by atoms with Gasteiger partial charge in [0, 0.05) is 11.6 Å². The Morgan fingerprint density at radius 3 is 2.50 bits per heavy atom. The molecule has 1 aromatic rings. The molecule has 18 heavy (non-hydrogen) atoms. The van der Waals surface area contributed by atoms with Gasteiger partial charge in [-0.1, -0.05) is 26.0 Å². The zero-order chi connectivity index (χ0) is 13.5. The lowest BCUT2D eigenvalue weighted by atomic mass is 9.73. The fourth-order valence-corrected chi connectivity index (χ4v) is 3.10. The van der Waals surface area contributed by atoms with Gasteiger partial charge in [-0.3, -0.25) is 0 Å². The van der Waals surface area contributed by atoms with E-state index in [1.165, 1.54) is 0 Å². The van der Waals surface area contributed by atoms with Crippen LogP contribution in [0.15, 0.2) is 18.2 Å². The summed E-state index contributed by atoms with van der Waals surface area (Å²) in [5.74, 6) is -0.122. The van der Waals surface area contributed by atoms with Crippen LogP contribution in [0, 0.1) is 25.1 Å². The van der Waals surface area contributed by atoms with Crippen molar-refractivity contribution in [1.29, 1.82) is 0 Å². The van der Waals surface area contributed by atoms with Crippen molar-refractivity contribution < 1.29 is 4.39 Å². The minimum Gasteiger partial charge on any atom is -0.324 e. The summed E-state index contributed by atoms with van der Waals surface area (Å²) in [6, 6.07) is 3.67. The van der Waals surface area contributed by atoms with Crippen molar-refractivity contribution in [2.45, 2.75) is 46.6 Å². The van der Waals surface area contributed by atoms with Gasteiger partial charge in [0.05, 0.1) is 0 Å². The molecule has 0 heterocycles. The second-order valence-corrected chi connectivity index (χ2v) is 6.34. The number of halogens is 1. The summed E-state index contributed by atoms with van der Waals surface area (Å²) >= 11 is 0. The Kier molecular flexibility index (Phi) is 3.33. The average Bonchev–Trinajstić information content (AvgIpc) is 2.11. The molecule has 2 heteroatoms. The van der Waals surface area contributed by atoms with Gasteiger partial charge in [-0.2, -0.15) is 0 Å². The van der Waals surface area contributed by atoms with Crippen LogP contribution in [-0.2, 0) is 0 Å². The predicted octanol–water partition coefficient (Wildman–Crippen LogP) is 3.97. The zero-order valence-corrected chi connectivity index (χ0v) is 11.7. The van der Waals surface area contributed by atoms with Gasteiger partial charge in [-0.15, -0.1) is 0 Å². The third-order valence-corrected chi connectivity index (χ3v) is 3.63. The molecular weight excluding hydrogens is 225 g/mol. The maximum absolute atomic E-state index is 14.2. The number of allylic oxidation sites excluding steroid dienone is 1. The standard InChI is InChI=1S/C16H22FN/c1-10-5-11(2)15(14(17)6-10)12-7-13(18)9-16(3,4)8-12/h5-7,13H,8-9,18H2,1-4H3. The molecule has 1 aliphatic carbocycles. The molecule has 0 aromatic heterocycles. The van der Waals surface area contributed by atoms with Crippen LogP contribution < -0.4 is 5.73 Å². The molecule has 0 fully saturated rings. The van der Waals surface area contributed by atoms with E-state index >= 15 is 0 Å². The van der Waals surface area contributed by atoms with E-state index < -0.39 is 0 Å². The Labute approximate surface area is 109 Å². The maximum atomic E-state index is 14.2. The number of benzene rings is 1. The first-order valence-electron chi connectivity index (χ1n) is 6.52. The van der Waals surface area contributed by atoms with Crippen LogP contribution in [0.3, 0.4) is 0 Å². The molecule has 0 saturated carbocycles. The normalized spacial score (nSPS) is 22.8. The molecule has 1 atom stereocenters. The van der Waals surface area contributed by atoms with Gasteiger partial charge < -0.3 is 5.73 Å². The van der Waals surface area contributed by atoms with Crippen LogP contribution in [0.5, 0.6) is 0 Å². The summed E-state index contributed by atoms with van der Waals surface area (Å²) < 4.78 is 14.2. The minimum absolute atomic E-state index is 0.0313. The number of rotatable bonds is 1. The van der Waals surface area contributed by atoms with Gasteiger partial charge in [0.2, 0.25) is 0 Å². The van der Waals surface area contributed by atoms with E-state index in [0.29, 0.717) is 0 Å². The van der Waals surface area contributed by atoms with E-state index in [1.54, 1.807) is 6.07 Å². The summed E-state index contributed by atoms with van der Waals surface area (Å²) in [5, 5.41) is 0. The minimum atomic E-state index is -0.122. The molecule has 98 valence electrons. The lowest BCUT2D eigenvalue weighted by Crippen LogP contribution is -2.30. The molecule has 0 radical (unpaired) electrons. The summed E-state index contributed by atoms with van der Waals surface area (Å²) in [6.07, 6.45) is 3.89. The van der Waals surface area contributed by atoms with E-state index in [4.69, 9.17) is 5.73 Å². The smallest absolute Gasteiger partial charge is 0.131 e. The molecule has 2 rings (SSSR count). The van der Waals surface area contributed by atoms with Crippen LogP contribution in [-0.4, -0.2) is 6.04 Å². The Morgan fingerprint density at radius 1 is 1.28 bits per heavy atom. The lowest BCUT2D eigenvalue weighted by Gasteiger charge is -2.33. The number of hydrogen-bond acceptors (Lipinski definition) is 1. The quantitative estimate of drug-likeness (QED) is 0.798. The third kappa shape index (κ3) is 2.64. The summed E-state index contributed by atoms with van der Waals surface area (Å²) in [5.41, 5.74) is 10.0. The largest absolute Gasteiger partial charge is 0.324 e. The SMILES string of the molecule is Cc1cc(C)c(C2=CC(N)CC(C)(C)C2)c(F)c1. The summed E-state index contributed by atoms with van der Waals surface area (Å²) in [6.45, 7) is 8.28. The highest BCUT2D eigenvalue weighted by Gasteiger charge is 2.29. The van der Waals surface area contributed by atoms with Crippen LogP contribution >= 0.6 is 0 Å². The highest BCUT2D eigenvalue weighted by molar-refractivity contribution is 5.71. The van der Waals surface area contributed by atoms with Gasteiger partial charge >= 0.3 is 0 Å². The van der Waals surface area contributed by atoms with Crippen molar-refractivity contribution in [3.05, 3.63) is 40.7 Å². The van der Waals surface area contributed by atoms with Crippen LogP contribution in [0.2, 0.25) is 0 Å². The molecule has 0 aliphatic heterocycles. The third-order valence-electron chi connectivity index (χ3n) is 3.63. The Morgan fingerprint density at radius 2 is 1.94 bits per heavy atom. The van der Waals surface area contributed by atoms with E-state index in [2.05, 4.69) is 13.8 Å². The van der Waals surface area contributed by atoms with Crippen LogP contribution in [0.25, 0.3) is 5.57 Å². The fourth-order valence-electron chi connectivity index (χ4n) is 3.10. The molecule has 1 nitrogen and oxygen atoms in total. The molecule has 0 saturated heterocycles. The van der Waals surface area contributed by atoms with Crippen LogP contribution in [0.4, 0.5) is 4.39 Å². The van der Waals surface area contributed by atoms with Gasteiger partial charge in [-0.05, 0) is 54.9 Å². The topological polar surface area (TPSA) is 26.0 Å². The van der Waals surface area contributed by atoms with E-state index in [0.717, 1.165) is 35.1 Å². The second-order valence-electron chi connectivity index (χ2n) is 6.34. The van der Waals surface area contributed by atoms with Crippen molar-refractivity contribution in [2.75, 3.05) is 0 Å². The van der Waals surface area contributed by atoms with Crippen molar-refractivity contribution in [3.8, 4) is 0 Å². The van der Waals surface area contributed by atoms with Crippen molar-refractivity contribution >= 4 is 5.57 Å². The fraction of sp³-hybridized carbons (Fsp3) is 0.500. The monoisotopic (exact) mass is 247 g/mol. The molecule has 1 aliphatic rings. The Balaban J connectivity index is 2.49. The van der Waals surface area contributed by atoms with E-state index in [9.17, 15) is 4.39 Å². The summed E-state index contributed by atoms with van der Waals surface area (Å²) in [4.78, 5) is 0. The van der Waals surface area contributed by atoms with Crippen molar-refractivity contribution in [2.24, 2.45) is 11.1 Å². The molecular formula is C16H22FN. The molecule has 2 N–H and O–H groups in total. The predicted molar refractivity (Wildman–Crippen MR) is 74.8 cm³/mol. The molecule has 1 aromatic carbocycles. The van der Waals surface area contributed by atoms with Crippen molar-refractivity contribution in [3.63, 3.8) is 0 Å². The van der Waals surface area contributed by atoms with Crippen LogP contribution in [0.1, 0.15) is 43.4 Å². The van der Waals surface area contributed by atoms with Gasteiger partial charge in [0.1, 0.15) is 5.82 Å². The highest BCUT2D eigenvalue weighted by atomic mass is 19.1. The molecule has 0 bridgehead atoms. The molecule has 0 amide bonds. The molecule has 0 spiro atoms. The van der Waals surface area contributed by atoms with Gasteiger partial charge in [0.15, 0.2) is 0 Å². The van der Waals surface area contributed by atoms with E-state index in [-0.39, 0.29) is 17.3 Å². The first kappa shape index (κ1) is 13.3. The number of nitrogens with two attached hydrogens (primary N) is 1. The Hall–Kier alpha value is -1.15. The van der Waals surface area contributed by atoms with Gasteiger partial charge in [0.25, 0.3) is 0 Å². The average molecular weight is 247 g/mol. The first-order valence-corrected chi connectivity index (χ1v) is 6.52. The van der Waals surface area contributed by atoms with E-state index in [1.807, 2.05) is 26.0 Å².